The number of amides is 1. The van der Waals surface area contributed by atoms with Crippen molar-refractivity contribution in [2.45, 2.75) is 85.7 Å². The zero-order valence-corrected chi connectivity index (χ0v) is 16.3. The summed E-state index contributed by atoms with van der Waals surface area (Å²) in [4.78, 5) is 19.1. The van der Waals surface area contributed by atoms with Crippen LogP contribution in [0.25, 0.3) is 0 Å². The second-order valence-corrected chi connectivity index (χ2v) is 7.31. The summed E-state index contributed by atoms with van der Waals surface area (Å²) in [7, 11) is 0. The molecule has 0 radical (unpaired) electrons. The highest BCUT2D eigenvalue weighted by atomic mass is 16.6. The zero-order chi connectivity index (χ0) is 18.2. The van der Waals surface area contributed by atoms with Crippen LogP contribution in [0.2, 0.25) is 0 Å². The van der Waals surface area contributed by atoms with Crippen molar-refractivity contribution >= 4 is 11.9 Å². The van der Waals surface area contributed by atoms with Gasteiger partial charge in [0.2, 0.25) is 0 Å². The van der Waals surface area contributed by atoms with Crippen molar-refractivity contribution in [3.8, 4) is 0 Å². The Morgan fingerprint density at radius 2 is 1.75 bits per heavy atom. The molecule has 0 atom stereocenters. The Hall–Kier alpha value is -1.58. The van der Waals surface area contributed by atoms with Crippen LogP contribution in [0.5, 0.6) is 0 Å². The average molecular weight is 335 g/mol. The van der Waals surface area contributed by atoms with Gasteiger partial charge in [0, 0.05) is 12.2 Å². The number of hydrogen-bond donors (Lipinski definition) is 0. The van der Waals surface area contributed by atoms with E-state index < -0.39 is 5.60 Å². The first-order chi connectivity index (χ1) is 11.3. The molecule has 0 aromatic carbocycles. The SMILES string of the molecule is CCCCN(C(=O)OC(C)(C)C)c1cc(CCC)cc(CCC)n1. The Kier molecular flexibility index (Phi) is 8.23. The molecule has 1 aromatic heterocycles. The van der Waals surface area contributed by atoms with E-state index >= 15 is 0 Å². The third-order valence-electron chi connectivity index (χ3n) is 3.60. The molecule has 0 unspecified atom stereocenters. The molecule has 1 rings (SSSR count). The maximum absolute atomic E-state index is 12.7. The van der Waals surface area contributed by atoms with E-state index in [4.69, 9.17) is 9.72 Å². The fraction of sp³-hybridized carbons (Fsp3) is 0.700. The molecule has 4 nitrogen and oxygen atoms in total. The lowest BCUT2D eigenvalue weighted by Crippen LogP contribution is -2.38. The number of anilines is 1. The van der Waals surface area contributed by atoms with E-state index in [2.05, 4.69) is 26.8 Å². The molecule has 24 heavy (non-hydrogen) atoms. The van der Waals surface area contributed by atoms with Gasteiger partial charge in [-0.05, 0) is 57.7 Å². The summed E-state index contributed by atoms with van der Waals surface area (Å²) in [5, 5.41) is 0. The van der Waals surface area contributed by atoms with Gasteiger partial charge in [0.25, 0.3) is 0 Å². The Labute approximate surface area is 147 Å². The van der Waals surface area contributed by atoms with Crippen molar-refractivity contribution < 1.29 is 9.53 Å². The largest absolute Gasteiger partial charge is 0.443 e. The molecule has 0 aliphatic carbocycles. The predicted octanol–water partition coefficient (Wildman–Crippen LogP) is 5.53. The lowest BCUT2D eigenvalue weighted by molar-refractivity contribution is 0.0578. The summed E-state index contributed by atoms with van der Waals surface area (Å²) in [6, 6.07) is 4.21. The second kappa shape index (κ2) is 9.65. The normalized spacial score (nSPS) is 11.4. The van der Waals surface area contributed by atoms with Crippen molar-refractivity contribution in [3.05, 3.63) is 23.4 Å². The van der Waals surface area contributed by atoms with Gasteiger partial charge in [-0.15, -0.1) is 0 Å². The number of carbonyl (C=O) groups is 1. The lowest BCUT2D eigenvalue weighted by atomic mass is 10.1. The highest BCUT2D eigenvalue weighted by Gasteiger charge is 2.24. The predicted molar refractivity (Wildman–Crippen MR) is 101 cm³/mol. The highest BCUT2D eigenvalue weighted by molar-refractivity contribution is 5.86. The fourth-order valence-corrected chi connectivity index (χ4v) is 2.52. The van der Waals surface area contributed by atoms with Gasteiger partial charge >= 0.3 is 6.09 Å². The minimum Gasteiger partial charge on any atom is -0.443 e. The molecular formula is C20H34N2O2. The Bertz CT molecular complexity index is 497. The van der Waals surface area contributed by atoms with Crippen molar-refractivity contribution in [1.29, 1.82) is 0 Å². The molecule has 0 bridgehead atoms. The molecule has 1 aromatic rings. The third-order valence-corrected chi connectivity index (χ3v) is 3.60. The molecule has 1 amide bonds. The van der Waals surface area contributed by atoms with Gasteiger partial charge in [0.15, 0.2) is 0 Å². The number of unbranched alkanes of at least 4 members (excludes halogenated alkanes) is 1. The average Bonchev–Trinajstić information content (AvgIpc) is 2.46. The van der Waals surface area contributed by atoms with Crippen molar-refractivity contribution in [2.24, 2.45) is 0 Å². The zero-order valence-electron chi connectivity index (χ0n) is 16.3. The van der Waals surface area contributed by atoms with Gasteiger partial charge in [0.1, 0.15) is 11.4 Å². The van der Waals surface area contributed by atoms with Gasteiger partial charge in [-0.25, -0.2) is 9.78 Å². The van der Waals surface area contributed by atoms with Crippen LogP contribution in [0, 0.1) is 0 Å². The van der Waals surface area contributed by atoms with Gasteiger partial charge in [0.05, 0.1) is 0 Å². The van der Waals surface area contributed by atoms with Crippen LogP contribution in [0.4, 0.5) is 10.6 Å². The Balaban J connectivity index is 3.16. The molecule has 0 N–H and O–H groups in total. The summed E-state index contributed by atoms with van der Waals surface area (Å²) in [5.74, 6) is 0.729. The maximum atomic E-state index is 12.7. The van der Waals surface area contributed by atoms with Crippen molar-refractivity contribution in [1.82, 2.24) is 4.98 Å². The topological polar surface area (TPSA) is 42.4 Å². The number of nitrogens with zero attached hydrogens (tertiary/aromatic N) is 2. The van der Waals surface area contributed by atoms with E-state index in [0.717, 1.165) is 50.0 Å². The van der Waals surface area contributed by atoms with Crippen LogP contribution >= 0.6 is 0 Å². The summed E-state index contributed by atoms with van der Waals surface area (Å²) < 4.78 is 5.60. The summed E-state index contributed by atoms with van der Waals surface area (Å²) in [5.41, 5.74) is 1.80. The molecule has 1 heterocycles. The minimum absolute atomic E-state index is 0.306. The van der Waals surface area contributed by atoms with Gasteiger partial charge in [-0.2, -0.15) is 0 Å². The van der Waals surface area contributed by atoms with Crippen molar-refractivity contribution in [3.63, 3.8) is 0 Å². The first-order valence-corrected chi connectivity index (χ1v) is 9.31. The van der Waals surface area contributed by atoms with Crippen LogP contribution in [-0.4, -0.2) is 23.2 Å². The molecule has 0 saturated carbocycles. The molecule has 136 valence electrons. The number of aryl methyl sites for hydroxylation is 2. The van der Waals surface area contributed by atoms with Gasteiger partial charge in [-0.3, -0.25) is 4.90 Å². The van der Waals surface area contributed by atoms with Crippen LogP contribution in [0.15, 0.2) is 12.1 Å². The van der Waals surface area contributed by atoms with E-state index in [0.29, 0.717) is 6.54 Å². The quantitative estimate of drug-likeness (QED) is 0.628. The molecule has 4 heteroatoms. The van der Waals surface area contributed by atoms with E-state index in [1.54, 1.807) is 4.90 Å². The Morgan fingerprint density at radius 1 is 1.08 bits per heavy atom. The summed E-state index contributed by atoms with van der Waals surface area (Å²) >= 11 is 0. The fourth-order valence-electron chi connectivity index (χ4n) is 2.52. The second-order valence-electron chi connectivity index (χ2n) is 7.31. The van der Waals surface area contributed by atoms with Crippen LogP contribution < -0.4 is 4.90 Å². The third kappa shape index (κ3) is 6.90. The number of aromatic nitrogens is 1. The highest BCUT2D eigenvalue weighted by Crippen LogP contribution is 2.21. The van der Waals surface area contributed by atoms with Crippen molar-refractivity contribution in [2.75, 3.05) is 11.4 Å². The molecule has 0 aliphatic heterocycles. The van der Waals surface area contributed by atoms with E-state index in [1.165, 1.54) is 5.56 Å². The number of rotatable bonds is 8. The van der Waals surface area contributed by atoms with E-state index in [-0.39, 0.29) is 6.09 Å². The lowest BCUT2D eigenvalue weighted by Gasteiger charge is -2.27. The molecule has 0 spiro atoms. The number of pyridine rings is 1. The maximum Gasteiger partial charge on any atom is 0.416 e. The first-order valence-electron chi connectivity index (χ1n) is 9.31. The molecular weight excluding hydrogens is 300 g/mol. The van der Waals surface area contributed by atoms with Crippen LogP contribution in [0.3, 0.4) is 0 Å². The molecule has 0 aliphatic rings. The number of hydrogen-bond acceptors (Lipinski definition) is 3. The Morgan fingerprint density at radius 3 is 2.29 bits per heavy atom. The molecule has 0 fully saturated rings. The standard InChI is InChI=1S/C20H34N2O2/c1-7-10-13-22(19(23)24-20(4,5)6)18-15-16(11-8-2)14-17(21-18)12-9-3/h14-15H,7-13H2,1-6H3. The summed E-state index contributed by atoms with van der Waals surface area (Å²) in [6.45, 7) is 12.8. The smallest absolute Gasteiger partial charge is 0.416 e. The monoisotopic (exact) mass is 334 g/mol. The number of carbonyl (C=O) groups excluding carboxylic acids is 1. The van der Waals surface area contributed by atoms with Crippen LogP contribution in [-0.2, 0) is 17.6 Å². The van der Waals surface area contributed by atoms with Gasteiger partial charge in [-0.1, -0.05) is 40.0 Å². The summed E-state index contributed by atoms with van der Waals surface area (Å²) in [6.07, 6.45) is 5.71. The van der Waals surface area contributed by atoms with Crippen LogP contribution in [0.1, 0.15) is 78.5 Å². The number of ether oxygens (including phenoxy) is 1. The minimum atomic E-state index is -0.505. The van der Waals surface area contributed by atoms with E-state index in [1.807, 2.05) is 26.8 Å². The molecule has 0 saturated heterocycles. The van der Waals surface area contributed by atoms with E-state index in [9.17, 15) is 4.79 Å². The first kappa shape index (κ1) is 20.5. The van der Waals surface area contributed by atoms with Gasteiger partial charge < -0.3 is 4.74 Å².